The van der Waals surface area contributed by atoms with E-state index in [-0.39, 0.29) is 23.0 Å². The van der Waals surface area contributed by atoms with Crippen LogP contribution in [0.5, 0.6) is 5.88 Å². The fourth-order valence-corrected chi connectivity index (χ4v) is 3.48. The number of hydrogen-bond donors (Lipinski definition) is 2. The lowest BCUT2D eigenvalue weighted by atomic mass is 10.3. The van der Waals surface area contributed by atoms with Gasteiger partial charge in [-0.25, -0.2) is 4.98 Å². The summed E-state index contributed by atoms with van der Waals surface area (Å²) in [6, 6.07) is 6.92. The molecule has 0 aliphatic heterocycles. The van der Waals surface area contributed by atoms with Gasteiger partial charge in [0.15, 0.2) is 0 Å². The fourth-order valence-electron chi connectivity index (χ4n) is 2.80. The number of ether oxygens (including phenoxy) is 1. The number of H-pyrrole nitrogens is 1. The lowest BCUT2D eigenvalue weighted by Gasteiger charge is -2.08. The number of aryl methyl sites for hydroxylation is 2. The van der Waals surface area contributed by atoms with Gasteiger partial charge in [0.2, 0.25) is 11.8 Å². The Bertz CT molecular complexity index is 1240. The van der Waals surface area contributed by atoms with E-state index < -0.39 is 5.91 Å². The Labute approximate surface area is 168 Å². The molecule has 148 valence electrons. The maximum atomic E-state index is 12.8. The first-order valence-electron chi connectivity index (χ1n) is 8.56. The van der Waals surface area contributed by atoms with Crippen LogP contribution in [0.3, 0.4) is 0 Å². The lowest BCUT2D eigenvalue weighted by molar-refractivity contribution is 0.102. The third-order valence-corrected chi connectivity index (χ3v) is 4.91. The SMILES string of the molecule is COc1nn(C)cc1C(=O)Nc1cc(-c2cccs2)nn1-c1nc(C)cc(=O)[nH]1. The van der Waals surface area contributed by atoms with Gasteiger partial charge in [-0.2, -0.15) is 9.78 Å². The average molecular weight is 411 g/mol. The van der Waals surface area contributed by atoms with E-state index in [9.17, 15) is 9.59 Å². The molecule has 4 rings (SSSR count). The summed E-state index contributed by atoms with van der Waals surface area (Å²) in [5.41, 5.74) is 1.12. The Balaban J connectivity index is 1.79. The molecule has 0 spiro atoms. The van der Waals surface area contributed by atoms with E-state index in [1.54, 1.807) is 26.2 Å². The summed E-state index contributed by atoms with van der Waals surface area (Å²) in [4.78, 5) is 32.6. The van der Waals surface area contributed by atoms with Crippen molar-refractivity contribution in [3.8, 4) is 22.4 Å². The number of thiophene rings is 1. The van der Waals surface area contributed by atoms with Crippen molar-refractivity contribution in [3.63, 3.8) is 0 Å². The van der Waals surface area contributed by atoms with Gasteiger partial charge < -0.3 is 10.1 Å². The first kappa shape index (κ1) is 18.6. The minimum absolute atomic E-state index is 0.200. The topological polar surface area (TPSA) is 120 Å². The molecule has 0 fully saturated rings. The number of methoxy groups -OCH3 is 1. The Kier molecular flexibility index (Phi) is 4.72. The van der Waals surface area contributed by atoms with Crippen molar-refractivity contribution in [2.24, 2.45) is 7.05 Å². The zero-order chi connectivity index (χ0) is 20.5. The average Bonchev–Trinajstić information content (AvgIpc) is 3.39. The number of nitrogens with one attached hydrogen (secondary N) is 2. The highest BCUT2D eigenvalue weighted by atomic mass is 32.1. The largest absolute Gasteiger partial charge is 0.479 e. The third kappa shape index (κ3) is 3.67. The van der Waals surface area contributed by atoms with Crippen molar-refractivity contribution in [3.05, 3.63) is 57.5 Å². The van der Waals surface area contributed by atoms with E-state index in [1.807, 2.05) is 17.5 Å². The van der Waals surface area contributed by atoms with Crippen molar-refractivity contribution in [1.29, 1.82) is 0 Å². The van der Waals surface area contributed by atoms with Gasteiger partial charge in [0, 0.05) is 31.1 Å². The van der Waals surface area contributed by atoms with Crippen LogP contribution in [0.1, 0.15) is 16.1 Å². The van der Waals surface area contributed by atoms with Gasteiger partial charge in [-0.3, -0.25) is 19.3 Å². The first-order chi connectivity index (χ1) is 13.9. The van der Waals surface area contributed by atoms with Gasteiger partial charge in [0.25, 0.3) is 11.5 Å². The van der Waals surface area contributed by atoms with E-state index in [1.165, 1.54) is 33.9 Å². The van der Waals surface area contributed by atoms with Crippen molar-refractivity contribution in [2.45, 2.75) is 6.92 Å². The summed E-state index contributed by atoms with van der Waals surface area (Å²) < 4.78 is 8.04. The molecule has 0 aliphatic carbocycles. The predicted octanol–water partition coefficient (Wildman–Crippen LogP) is 1.99. The molecule has 4 aromatic heterocycles. The van der Waals surface area contributed by atoms with Crippen LogP contribution in [-0.4, -0.2) is 42.5 Å². The number of carbonyl (C=O) groups is 1. The Morgan fingerprint density at radius 1 is 1.31 bits per heavy atom. The Morgan fingerprint density at radius 2 is 2.14 bits per heavy atom. The maximum Gasteiger partial charge on any atom is 0.263 e. The van der Waals surface area contributed by atoms with Crippen LogP contribution in [0.25, 0.3) is 16.5 Å². The molecule has 4 aromatic rings. The number of nitrogens with zero attached hydrogens (tertiary/aromatic N) is 5. The zero-order valence-corrected chi connectivity index (χ0v) is 16.6. The second-order valence-corrected chi connectivity index (χ2v) is 7.14. The smallest absolute Gasteiger partial charge is 0.263 e. The highest BCUT2D eigenvalue weighted by Gasteiger charge is 2.21. The third-order valence-electron chi connectivity index (χ3n) is 4.02. The molecule has 0 aliphatic rings. The summed E-state index contributed by atoms with van der Waals surface area (Å²) in [5, 5.41) is 13.4. The molecule has 0 bridgehead atoms. The maximum absolute atomic E-state index is 12.8. The van der Waals surface area contributed by atoms with E-state index in [0.29, 0.717) is 17.2 Å². The van der Waals surface area contributed by atoms with Gasteiger partial charge in [-0.1, -0.05) is 6.07 Å². The molecule has 2 N–H and O–H groups in total. The predicted molar refractivity (Wildman–Crippen MR) is 108 cm³/mol. The highest BCUT2D eigenvalue weighted by Crippen LogP contribution is 2.28. The fraction of sp³-hybridized carbons (Fsp3) is 0.167. The summed E-state index contributed by atoms with van der Waals surface area (Å²) in [6.45, 7) is 1.71. The Hall–Kier alpha value is -3.73. The van der Waals surface area contributed by atoms with Crippen LogP contribution in [-0.2, 0) is 7.05 Å². The molecule has 11 heteroatoms. The van der Waals surface area contributed by atoms with Crippen LogP contribution in [0.15, 0.2) is 40.6 Å². The van der Waals surface area contributed by atoms with Crippen molar-refractivity contribution >= 4 is 23.1 Å². The van der Waals surface area contributed by atoms with Gasteiger partial charge >= 0.3 is 0 Å². The first-order valence-corrected chi connectivity index (χ1v) is 9.44. The van der Waals surface area contributed by atoms with Crippen LogP contribution in [0.2, 0.25) is 0 Å². The van der Waals surface area contributed by atoms with Crippen LogP contribution in [0, 0.1) is 6.92 Å². The minimum Gasteiger partial charge on any atom is -0.479 e. The summed E-state index contributed by atoms with van der Waals surface area (Å²) in [7, 11) is 3.14. The number of amides is 1. The molecule has 0 atom stereocenters. The van der Waals surface area contributed by atoms with Crippen molar-refractivity contribution < 1.29 is 9.53 Å². The molecule has 0 radical (unpaired) electrons. The normalized spacial score (nSPS) is 10.9. The summed E-state index contributed by atoms with van der Waals surface area (Å²) in [6.07, 6.45) is 1.56. The van der Waals surface area contributed by atoms with Crippen molar-refractivity contribution in [2.75, 3.05) is 12.4 Å². The number of rotatable bonds is 5. The molecule has 1 amide bonds. The number of carbonyl (C=O) groups excluding carboxylic acids is 1. The molecule has 0 saturated carbocycles. The van der Waals surface area contributed by atoms with E-state index in [0.717, 1.165) is 4.88 Å². The molecular weight excluding hydrogens is 394 g/mol. The van der Waals surface area contributed by atoms with Gasteiger partial charge in [0.1, 0.15) is 17.1 Å². The number of aromatic nitrogens is 6. The zero-order valence-electron chi connectivity index (χ0n) is 15.8. The van der Waals surface area contributed by atoms with E-state index >= 15 is 0 Å². The molecule has 0 saturated heterocycles. The van der Waals surface area contributed by atoms with Gasteiger partial charge in [-0.15, -0.1) is 16.4 Å². The van der Waals surface area contributed by atoms with E-state index in [2.05, 4.69) is 25.5 Å². The second kappa shape index (κ2) is 7.36. The molecular formula is C18H17N7O3S. The van der Waals surface area contributed by atoms with Crippen LogP contribution < -0.4 is 15.6 Å². The molecule has 4 heterocycles. The van der Waals surface area contributed by atoms with E-state index in [4.69, 9.17) is 4.74 Å². The summed E-state index contributed by atoms with van der Waals surface area (Å²) >= 11 is 1.51. The highest BCUT2D eigenvalue weighted by molar-refractivity contribution is 7.13. The molecule has 0 unspecified atom stereocenters. The number of anilines is 1. The standard InChI is InChI=1S/C18H17N7O3S/c1-10-7-15(26)21-18(19-10)25-14(8-12(22-25)13-5-4-6-29-13)20-16(27)11-9-24(2)23-17(11)28-3/h4-9H,1-3H3,(H,20,27)(H,19,21,26). The van der Waals surface area contributed by atoms with Gasteiger partial charge in [0.05, 0.1) is 12.0 Å². The van der Waals surface area contributed by atoms with Crippen LogP contribution >= 0.6 is 11.3 Å². The molecule has 10 nitrogen and oxygen atoms in total. The number of aromatic amines is 1. The monoisotopic (exact) mass is 411 g/mol. The minimum atomic E-state index is -0.427. The quantitative estimate of drug-likeness (QED) is 0.518. The summed E-state index contributed by atoms with van der Waals surface area (Å²) in [5.74, 6) is 0.324. The lowest BCUT2D eigenvalue weighted by Crippen LogP contribution is -2.19. The Morgan fingerprint density at radius 3 is 2.83 bits per heavy atom. The number of hydrogen-bond acceptors (Lipinski definition) is 7. The van der Waals surface area contributed by atoms with Gasteiger partial charge in [-0.05, 0) is 18.4 Å². The molecule has 0 aromatic carbocycles. The van der Waals surface area contributed by atoms with Crippen LogP contribution in [0.4, 0.5) is 5.82 Å². The van der Waals surface area contributed by atoms with Crippen molar-refractivity contribution in [1.82, 2.24) is 29.5 Å². The second-order valence-electron chi connectivity index (χ2n) is 6.19. The molecule has 29 heavy (non-hydrogen) atoms.